The lowest BCUT2D eigenvalue weighted by atomic mass is 10.1. The van der Waals surface area contributed by atoms with Crippen molar-refractivity contribution in [3.63, 3.8) is 0 Å². The first-order chi connectivity index (χ1) is 9.04. The molecule has 0 heterocycles. The number of nitrogens with zero attached hydrogens (tertiary/aromatic N) is 1. The number of hydrogen-bond donors (Lipinski definition) is 2. The fraction of sp³-hybridized carbons (Fsp3) is 0.417. The van der Waals surface area contributed by atoms with Gasteiger partial charge >= 0.3 is 0 Å². The molecular formula is C12H17N3O4. The van der Waals surface area contributed by atoms with Gasteiger partial charge in [-0.15, -0.1) is 0 Å². The minimum atomic E-state index is -0.658. The van der Waals surface area contributed by atoms with E-state index in [0.29, 0.717) is 25.1 Å². The van der Waals surface area contributed by atoms with E-state index in [1.807, 2.05) is 0 Å². The van der Waals surface area contributed by atoms with Gasteiger partial charge in [0.1, 0.15) is 0 Å². The minimum absolute atomic E-state index is 0.0780. The van der Waals surface area contributed by atoms with E-state index < -0.39 is 11.0 Å². The van der Waals surface area contributed by atoms with Crippen LogP contribution in [0.4, 0.5) is 11.4 Å². The van der Waals surface area contributed by atoms with Crippen LogP contribution in [-0.2, 0) is 9.53 Å². The van der Waals surface area contributed by atoms with E-state index in [-0.39, 0.29) is 11.6 Å². The van der Waals surface area contributed by atoms with E-state index in [4.69, 9.17) is 10.5 Å². The number of nitro groups is 1. The van der Waals surface area contributed by atoms with Crippen LogP contribution >= 0.6 is 0 Å². The second-order valence-corrected chi connectivity index (χ2v) is 4.04. The fourth-order valence-electron chi connectivity index (χ4n) is 1.51. The first-order valence-corrected chi connectivity index (χ1v) is 5.84. The number of amides is 1. The lowest BCUT2D eigenvalue weighted by molar-refractivity contribution is -0.384. The number of rotatable bonds is 7. The van der Waals surface area contributed by atoms with Gasteiger partial charge in [-0.3, -0.25) is 14.9 Å². The van der Waals surface area contributed by atoms with Gasteiger partial charge in [-0.2, -0.15) is 0 Å². The molecule has 0 aliphatic carbocycles. The van der Waals surface area contributed by atoms with Crippen molar-refractivity contribution in [1.82, 2.24) is 0 Å². The monoisotopic (exact) mass is 267 g/mol. The molecule has 1 aromatic rings. The van der Waals surface area contributed by atoms with Crippen molar-refractivity contribution in [1.29, 1.82) is 0 Å². The number of benzene rings is 1. The van der Waals surface area contributed by atoms with Crippen molar-refractivity contribution in [3.8, 4) is 0 Å². The number of anilines is 1. The zero-order valence-electron chi connectivity index (χ0n) is 10.7. The zero-order valence-corrected chi connectivity index (χ0v) is 10.7. The summed E-state index contributed by atoms with van der Waals surface area (Å²) in [5.41, 5.74) is 5.99. The molecule has 1 atom stereocenters. The van der Waals surface area contributed by atoms with Crippen LogP contribution in [-0.4, -0.2) is 30.6 Å². The maximum Gasteiger partial charge on any atom is 0.271 e. The van der Waals surface area contributed by atoms with Gasteiger partial charge in [0.15, 0.2) is 0 Å². The number of carbonyl (C=O) groups is 1. The van der Waals surface area contributed by atoms with Gasteiger partial charge in [-0.25, -0.2) is 0 Å². The first-order valence-electron chi connectivity index (χ1n) is 5.84. The van der Waals surface area contributed by atoms with Crippen LogP contribution in [0.3, 0.4) is 0 Å². The number of nitrogens with two attached hydrogens (primary N) is 1. The third-order valence-corrected chi connectivity index (χ3v) is 2.52. The van der Waals surface area contributed by atoms with Crippen molar-refractivity contribution in [2.75, 3.05) is 19.0 Å². The van der Waals surface area contributed by atoms with Gasteiger partial charge < -0.3 is 15.8 Å². The summed E-state index contributed by atoms with van der Waals surface area (Å²) >= 11 is 0. The average molecular weight is 267 g/mol. The molecule has 0 fully saturated rings. The quantitative estimate of drug-likeness (QED) is 0.439. The molecule has 1 aromatic carbocycles. The van der Waals surface area contributed by atoms with Crippen molar-refractivity contribution < 1.29 is 14.5 Å². The molecule has 7 nitrogen and oxygen atoms in total. The Morgan fingerprint density at radius 1 is 1.58 bits per heavy atom. The van der Waals surface area contributed by atoms with Crippen LogP contribution < -0.4 is 11.1 Å². The number of carbonyl (C=O) groups excluding carboxylic acids is 1. The molecule has 0 aliphatic heterocycles. The second-order valence-electron chi connectivity index (χ2n) is 4.04. The first kappa shape index (κ1) is 15.1. The Hall–Kier alpha value is -1.99. The lowest BCUT2D eigenvalue weighted by Gasteiger charge is -2.11. The molecule has 7 heteroatoms. The Bertz CT molecular complexity index is 450. The van der Waals surface area contributed by atoms with Gasteiger partial charge in [0.2, 0.25) is 5.91 Å². The number of nitrogens with one attached hydrogen (secondary N) is 1. The van der Waals surface area contributed by atoms with Gasteiger partial charge in [0.25, 0.3) is 5.69 Å². The normalized spacial score (nSPS) is 11.9. The molecule has 3 N–H and O–H groups in total. The summed E-state index contributed by atoms with van der Waals surface area (Å²) in [6.45, 7) is 0.539. The van der Waals surface area contributed by atoms with Crippen molar-refractivity contribution in [2.45, 2.75) is 18.9 Å². The third kappa shape index (κ3) is 5.02. The highest BCUT2D eigenvalue weighted by molar-refractivity contribution is 5.94. The predicted molar refractivity (Wildman–Crippen MR) is 70.8 cm³/mol. The number of non-ortho nitro benzene ring substituents is 1. The van der Waals surface area contributed by atoms with Crippen LogP contribution in [0.2, 0.25) is 0 Å². The molecule has 0 aliphatic rings. The summed E-state index contributed by atoms with van der Waals surface area (Å²) < 4.78 is 4.87. The van der Waals surface area contributed by atoms with E-state index in [1.165, 1.54) is 18.2 Å². The Balaban J connectivity index is 2.56. The van der Waals surface area contributed by atoms with Crippen LogP contribution in [0.5, 0.6) is 0 Å². The summed E-state index contributed by atoms with van der Waals surface area (Å²) in [5, 5.41) is 13.2. The fourth-order valence-corrected chi connectivity index (χ4v) is 1.51. The second kappa shape index (κ2) is 7.45. The number of ether oxygens (including phenoxy) is 1. The van der Waals surface area contributed by atoms with Crippen LogP contribution in [0.15, 0.2) is 24.3 Å². The van der Waals surface area contributed by atoms with E-state index >= 15 is 0 Å². The Morgan fingerprint density at radius 2 is 2.32 bits per heavy atom. The molecule has 0 aromatic heterocycles. The highest BCUT2D eigenvalue weighted by Crippen LogP contribution is 2.17. The van der Waals surface area contributed by atoms with Crippen LogP contribution in [0.1, 0.15) is 12.8 Å². The molecule has 1 rings (SSSR count). The molecule has 0 bridgehead atoms. The van der Waals surface area contributed by atoms with E-state index in [0.717, 1.165) is 0 Å². The van der Waals surface area contributed by atoms with Gasteiger partial charge in [0.05, 0.1) is 11.0 Å². The molecule has 1 amide bonds. The Kier molecular flexibility index (Phi) is 5.91. The molecule has 0 spiro atoms. The largest absolute Gasteiger partial charge is 0.385 e. The lowest BCUT2D eigenvalue weighted by Crippen LogP contribution is -2.35. The highest BCUT2D eigenvalue weighted by atomic mass is 16.6. The van der Waals surface area contributed by atoms with Crippen molar-refractivity contribution in [2.24, 2.45) is 5.73 Å². The molecule has 0 saturated heterocycles. The van der Waals surface area contributed by atoms with E-state index in [1.54, 1.807) is 13.2 Å². The van der Waals surface area contributed by atoms with Gasteiger partial charge in [-0.05, 0) is 18.9 Å². The SMILES string of the molecule is COCCCC(N)C(=O)Nc1cccc([N+](=O)[O-])c1. The maximum absolute atomic E-state index is 11.7. The molecule has 19 heavy (non-hydrogen) atoms. The Morgan fingerprint density at radius 3 is 2.95 bits per heavy atom. The topological polar surface area (TPSA) is 107 Å². The third-order valence-electron chi connectivity index (χ3n) is 2.52. The van der Waals surface area contributed by atoms with Gasteiger partial charge in [-0.1, -0.05) is 6.07 Å². The zero-order chi connectivity index (χ0) is 14.3. The van der Waals surface area contributed by atoms with E-state index in [9.17, 15) is 14.9 Å². The molecular weight excluding hydrogens is 250 g/mol. The average Bonchev–Trinajstić information content (AvgIpc) is 2.39. The summed E-state index contributed by atoms with van der Waals surface area (Å²) in [6.07, 6.45) is 1.18. The van der Waals surface area contributed by atoms with Crippen molar-refractivity contribution in [3.05, 3.63) is 34.4 Å². The molecule has 104 valence electrons. The van der Waals surface area contributed by atoms with E-state index in [2.05, 4.69) is 5.32 Å². The highest BCUT2D eigenvalue weighted by Gasteiger charge is 2.14. The van der Waals surface area contributed by atoms with Gasteiger partial charge in [0, 0.05) is 31.5 Å². The number of hydrogen-bond acceptors (Lipinski definition) is 5. The Labute approximate surface area is 110 Å². The minimum Gasteiger partial charge on any atom is -0.385 e. The summed E-state index contributed by atoms with van der Waals surface area (Å²) in [5.74, 6) is -0.364. The maximum atomic E-state index is 11.7. The van der Waals surface area contributed by atoms with Crippen LogP contribution in [0, 0.1) is 10.1 Å². The predicted octanol–water partition coefficient (Wildman–Crippen LogP) is 1.29. The molecule has 1 unspecified atom stereocenters. The number of nitro benzene ring substituents is 1. The molecule has 0 radical (unpaired) electrons. The number of methoxy groups -OCH3 is 1. The summed E-state index contributed by atoms with van der Waals surface area (Å²) in [4.78, 5) is 21.8. The summed E-state index contributed by atoms with van der Waals surface area (Å²) in [6, 6.07) is 5.07. The smallest absolute Gasteiger partial charge is 0.271 e. The van der Waals surface area contributed by atoms with Crippen LogP contribution in [0.25, 0.3) is 0 Å². The van der Waals surface area contributed by atoms with Crippen molar-refractivity contribution >= 4 is 17.3 Å². The molecule has 0 saturated carbocycles. The summed E-state index contributed by atoms with van der Waals surface area (Å²) in [7, 11) is 1.58. The standard InChI is InChI=1S/C12H17N3O4/c1-19-7-3-6-11(13)12(16)14-9-4-2-5-10(8-9)15(17)18/h2,4-5,8,11H,3,6-7,13H2,1H3,(H,14,16).